The third-order valence-electron chi connectivity index (χ3n) is 4.28. The molecule has 0 bridgehead atoms. The predicted molar refractivity (Wildman–Crippen MR) is 102 cm³/mol. The molecule has 0 aliphatic carbocycles. The van der Waals surface area contributed by atoms with Crippen LogP contribution in [0.15, 0.2) is 60.9 Å². The molecule has 0 saturated heterocycles. The van der Waals surface area contributed by atoms with Crippen LogP contribution in [0.5, 0.6) is 0 Å². The number of benzene rings is 2. The number of carbonyl (C=O) groups is 1. The second-order valence-corrected chi connectivity index (χ2v) is 5.95. The summed E-state index contributed by atoms with van der Waals surface area (Å²) in [6, 6.07) is 16.2. The van der Waals surface area contributed by atoms with Gasteiger partial charge in [-0.15, -0.1) is 0 Å². The summed E-state index contributed by atoms with van der Waals surface area (Å²) in [6.45, 7) is 0. The highest BCUT2D eigenvalue weighted by Crippen LogP contribution is 2.32. The van der Waals surface area contributed by atoms with Crippen molar-refractivity contribution in [3.8, 4) is 28.7 Å². The zero-order valence-corrected chi connectivity index (χ0v) is 14.1. The minimum absolute atomic E-state index is 0.335. The third-order valence-corrected chi connectivity index (χ3v) is 4.28. The van der Waals surface area contributed by atoms with Crippen LogP contribution in [0.3, 0.4) is 0 Å². The lowest BCUT2D eigenvalue weighted by Gasteiger charge is -2.03. The summed E-state index contributed by atoms with van der Waals surface area (Å²) < 4.78 is 1.84. The van der Waals surface area contributed by atoms with E-state index in [1.165, 1.54) is 0 Å². The second kappa shape index (κ2) is 6.28. The predicted octanol–water partition coefficient (Wildman–Crippen LogP) is 2.62. The van der Waals surface area contributed by atoms with Gasteiger partial charge in [0.2, 0.25) is 5.91 Å². The van der Waals surface area contributed by atoms with Crippen molar-refractivity contribution in [2.24, 2.45) is 5.73 Å². The maximum Gasteiger partial charge on any atom is 0.248 e. The van der Waals surface area contributed by atoms with Gasteiger partial charge in [-0.1, -0.05) is 24.3 Å². The number of imidazole rings is 1. The molecular formula is C20H14N6O. The van der Waals surface area contributed by atoms with Crippen molar-refractivity contribution >= 4 is 17.2 Å². The van der Waals surface area contributed by atoms with Gasteiger partial charge in [0, 0.05) is 29.1 Å². The SMILES string of the molecule is N#Cc1cccc(-c2nc(-c3ccc(C(N)=O)cc3)c3c(N)nccn23)c1. The number of nitriles is 1. The minimum atomic E-state index is -0.494. The number of nitrogen functional groups attached to an aromatic ring is 1. The van der Waals surface area contributed by atoms with Crippen LogP contribution in [0.1, 0.15) is 15.9 Å². The Balaban J connectivity index is 1.97. The van der Waals surface area contributed by atoms with Crippen molar-refractivity contribution in [3.63, 3.8) is 0 Å². The molecule has 1 amide bonds. The summed E-state index contributed by atoms with van der Waals surface area (Å²) in [6.07, 6.45) is 3.37. The number of nitrogens with zero attached hydrogens (tertiary/aromatic N) is 4. The lowest BCUT2D eigenvalue weighted by molar-refractivity contribution is 0.100. The number of amides is 1. The molecule has 0 spiro atoms. The molecule has 4 N–H and O–H groups in total. The summed E-state index contributed by atoms with van der Waals surface area (Å²) in [5, 5.41) is 9.18. The van der Waals surface area contributed by atoms with Crippen LogP contribution in [-0.2, 0) is 0 Å². The summed E-state index contributed by atoms with van der Waals surface area (Å²) in [4.78, 5) is 20.2. The average Bonchev–Trinajstić information content (AvgIpc) is 3.09. The number of primary amides is 1. The number of nitrogens with two attached hydrogens (primary N) is 2. The molecule has 7 heteroatoms. The smallest absolute Gasteiger partial charge is 0.248 e. The quantitative estimate of drug-likeness (QED) is 0.585. The van der Waals surface area contributed by atoms with Crippen molar-refractivity contribution in [2.75, 3.05) is 5.73 Å². The molecule has 4 aromatic rings. The van der Waals surface area contributed by atoms with Gasteiger partial charge in [0.25, 0.3) is 0 Å². The van der Waals surface area contributed by atoms with Gasteiger partial charge in [-0.05, 0) is 24.3 Å². The van der Waals surface area contributed by atoms with E-state index < -0.39 is 5.91 Å². The molecule has 0 fully saturated rings. The standard InChI is InChI=1S/C20H14N6O/c21-11-12-2-1-3-15(10-12)20-25-16(17-18(22)24-8-9-26(17)20)13-4-6-14(7-5-13)19(23)27/h1-10H,(H2,22,24)(H2,23,27). The Hall–Kier alpha value is -4.18. The molecule has 2 aromatic heterocycles. The highest BCUT2D eigenvalue weighted by atomic mass is 16.1. The van der Waals surface area contributed by atoms with Crippen LogP contribution in [-0.4, -0.2) is 20.3 Å². The largest absolute Gasteiger partial charge is 0.382 e. The second-order valence-electron chi connectivity index (χ2n) is 5.95. The van der Waals surface area contributed by atoms with Gasteiger partial charge in [-0.3, -0.25) is 9.20 Å². The fourth-order valence-corrected chi connectivity index (χ4v) is 2.99. The van der Waals surface area contributed by atoms with Crippen molar-refractivity contribution in [2.45, 2.75) is 0 Å². The molecule has 7 nitrogen and oxygen atoms in total. The van der Waals surface area contributed by atoms with E-state index in [1.807, 2.05) is 10.5 Å². The van der Waals surface area contributed by atoms with E-state index in [1.54, 1.807) is 54.9 Å². The Labute approximate surface area is 154 Å². The third kappa shape index (κ3) is 2.75. The van der Waals surface area contributed by atoms with Crippen molar-refractivity contribution < 1.29 is 4.79 Å². The molecule has 2 heterocycles. The number of carbonyl (C=O) groups excluding carboxylic acids is 1. The molecule has 0 unspecified atom stereocenters. The molecule has 0 aliphatic heterocycles. The molecule has 130 valence electrons. The molecule has 27 heavy (non-hydrogen) atoms. The first-order valence-electron chi connectivity index (χ1n) is 8.12. The summed E-state index contributed by atoms with van der Waals surface area (Å²) in [5.74, 6) is 0.485. The maximum absolute atomic E-state index is 11.3. The van der Waals surface area contributed by atoms with E-state index in [0.29, 0.717) is 34.0 Å². The van der Waals surface area contributed by atoms with Crippen LogP contribution >= 0.6 is 0 Å². The first-order chi connectivity index (χ1) is 13.1. The molecular weight excluding hydrogens is 340 g/mol. The van der Waals surface area contributed by atoms with E-state index >= 15 is 0 Å². The first kappa shape index (κ1) is 16.3. The van der Waals surface area contributed by atoms with E-state index in [2.05, 4.69) is 11.1 Å². The van der Waals surface area contributed by atoms with Gasteiger partial charge in [-0.25, -0.2) is 9.97 Å². The van der Waals surface area contributed by atoms with Crippen molar-refractivity contribution in [3.05, 3.63) is 72.1 Å². The summed E-state index contributed by atoms with van der Waals surface area (Å²) in [7, 11) is 0. The topological polar surface area (TPSA) is 123 Å². The van der Waals surface area contributed by atoms with Crippen molar-refractivity contribution in [1.82, 2.24) is 14.4 Å². The Morgan fingerprint density at radius 3 is 2.59 bits per heavy atom. The van der Waals surface area contributed by atoms with Crippen LogP contribution in [0.25, 0.3) is 28.2 Å². The molecule has 0 saturated carbocycles. The lowest BCUT2D eigenvalue weighted by Crippen LogP contribution is -2.10. The zero-order chi connectivity index (χ0) is 19.0. The average molecular weight is 354 g/mol. The number of fused-ring (bicyclic) bond motifs is 1. The maximum atomic E-state index is 11.3. The molecule has 2 aromatic carbocycles. The van der Waals surface area contributed by atoms with Gasteiger partial charge in [0.1, 0.15) is 22.9 Å². The summed E-state index contributed by atoms with van der Waals surface area (Å²) >= 11 is 0. The Kier molecular flexibility index (Phi) is 3.79. The Bertz CT molecular complexity index is 1220. The number of hydrogen-bond donors (Lipinski definition) is 2. The van der Waals surface area contributed by atoms with Crippen LogP contribution in [0.4, 0.5) is 5.82 Å². The summed E-state index contributed by atoms with van der Waals surface area (Å²) in [5.41, 5.74) is 15.2. The highest BCUT2D eigenvalue weighted by molar-refractivity contribution is 5.94. The van der Waals surface area contributed by atoms with E-state index in [4.69, 9.17) is 16.5 Å². The van der Waals surface area contributed by atoms with E-state index in [-0.39, 0.29) is 0 Å². The first-order valence-corrected chi connectivity index (χ1v) is 8.12. The zero-order valence-electron chi connectivity index (χ0n) is 14.1. The van der Waals surface area contributed by atoms with Gasteiger partial charge in [0.15, 0.2) is 0 Å². The lowest BCUT2D eigenvalue weighted by atomic mass is 10.1. The van der Waals surface area contributed by atoms with Gasteiger partial charge in [0.05, 0.1) is 11.6 Å². The van der Waals surface area contributed by atoms with Gasteiger partial charge >= 0.3 is 0 Å². The van der Waals surface area contributed by atoms with E-state index in [0.717, 1.165) is 11.1 Å². The normalized spacial score (nSPS) is 10.6. The van der Waals surface area contributed by atoms with Gasteiger partial charge < -0.3 is 11.5 Å². The fourth-order valence-electron chi connectivity index (χ4n) is 2.99. The molecule has 4 rings (SSSR count). The number of hydrogen-bond acceptors (Lipinski definition) is 5. The monoisotopic (exact) mass is 354 g/mol. The van der Waals surface area contributed by atoms with Gasteiger partial charge in [-0.2, -0.15) is 5.26 Å². The van der Waals surface area contributed by atoms with E-state index in [9.17, 15) is 10.1 Å². The van der Waals surface area contributed by atoms with Crippen molar-refractivity contribution in [1.29, 1.82) is 5.26 Å². The Morgan fingerprint density at radius 2 is 1.89 bits per heavy atom. The Morgan fingerprint density at radius 1 is 1.11 bits per heavy atom. The van der Waals surface area contributed by atoms with Crippen LogP contribution < -0.4 is 11.5 Å². The molecule has 0 aliphatic rings. The van der Waals surface area contributed by atoms with Crippen LogP contribution in [0, 0.1) is 11.3 Å². The number of anilines is 1. The highest BCUT2D eigenvalue weighted by Gasteiger charge is 2.17. The fraction of sp³-hybridized carbons (Fsp3) is 0. The molecule has 0 atom stereocenters. The van der Waals surface area contributed by atoms with Crippen LogP contribution in [0.2, 0.25) is 0 Å². The minimum Gasteiger partial charge on any atom is -0.382 e. The number of rotatable bonds is 3. The molecule has 0 radical (unpaired) electrons. The number of aromatic nitrogens is 3.